The van der Waals surface area contributed by atoms with E-state index in [0.29, 0.717) is 18.6 Å². The fraction of sp³-hybridized carbons (Fsp3) is 0.462. The predicted octanol–water partition coefficient (Wildman–Crippen LogP) is 4.37. The minimum Gasteiger partial charge on any atom is -0.482 e. The van der Waals surface area contributed by atoms with Gasteiger partial charge in [0.2, 0.25) is 6.04 Å². The van der Waals surface area contributed by atoms with Crippen molar-refractivity contribution in [2.45, 2.75) is 63.2 Å². The van der Waals surface area contributed by atoms with Gasteiger partial charge in [-0.2, -0.15) is 0 Å². The maximum atomic E-state index is 10.8. The fourth-order valence-electron chi connectivity index (χ4n) is 4.66. The third kappa shape index (κ3) is 5.87. The van der Waals surface area contributed by atoms with Gasteiger partial charge < -0.3 is 24.9 Å². The summed E-state index contributed by atoms with van der Waals surface area (Å²) in [6.45, 7) is 9.33. The number of carboxylic acids is 1. The van der Waals surface area contributed by atoms with Crippen LogP contribution in [0.2, 0.25) is 0 Å². The lowest BCUT2D eigenvalue weighted by atomic mass is 9.82. The van der Waals surface area contributed by atoms with Gasteiger partial charge >= 0.3 is 5.97 Å². The average Bonchev–Trinajstić information content (AvgIpc) is 3.11. The number of carboxylic acid groups (broad SMARTS) is 1. The van der Waals surface area contributed by atoms with Crippen LogP contribution in [0.5, 0.6) is 5.75 Å². The van der Waals surface area contributed by atoms with Crippen LogP contribution in [0.3, 0.4) is 0 Å². The Morgan fingerprint density at radius 2 is 2.00 bits per heavy atom. The number of hydrogen-bond acceptors (Lipinski definition) is 4. The quantitative estimate of drug-likeness (QED) is 0.480. The minimum absolute atomic E-state index is 0.0758. The minimum atomic E-state index is -1.04. The zero-order chi connectivity index (χ0) is 23.1. The van der Waals surface area contributed by atoms with E-state index in [1.165, 1.54) is 0 Å². The van der Waals surface area contributed by atoms with Crippen LogP contribution < -0.4 is 4.74 Å². The molecule has 6 heteroatoms. The lowest BCUT2D eigenvalue weighted by Gasteiger charge is -2.23. The number of aliphatic carboxylic acids is 1. The van der Waals surface area contributed by atoms with Gasteiger partial charge in [0.1, 0.15) is 5.75 Å². The highest BCUT2D eigenvalue weighted by Crippen LogP contribution is 2.44. The standard InChI is InChI=1S/C26H31NO5/c1-3-4-8-23(28)18-9-11-19(12-10-18)26-21(22(27-2)15-24(26)29)14-17-6-5-7-20(13-17)32-16-25(30)31/h5-7,9-13,21-24,26,28-29H,3-4,8,14-16H2,1H3,(H,30,31)/t21?,22-,23?,24-,26?/m1/s1. The summed E-state index contributed by atoms with van der Waals surface area (Å²) in [5, 5.41) is 30.0. The number of unbranched alkanes of at least 4 members (excludes halogenated alkanes) is 1. The topological polar surface area (TPSA) is 91.4 Å². The van der Waals surface area contributed by atoms with Crippen molar-refractivity contribution >= 4 is 5.97 Å². The molecule has 0 aliphatic heterocycles. The Morgan fingerprint density at radius 3 is 2.66 bits per heavy atom. The number of aliphatic hydroxyl groups is 2. The molecule has 0 radical (unpaired) electrons. The third-order valence-corrected chi connectivity index (χ3v) is 6.29. The smallest absolute Gasteiger partial charge is 0.341 e. The van der Waals surface area contributed by atoms with Gasteiger partial charge in [0.15, 0.2) is 6.61 Å². The van der Waals surface area contributed by atoms with Crippen LogP contribution in [0.25, 0.3) is 4.85 Å². The molecule has 0 bridgehead atoms. The van der Waals surface area contributed by atoms with Crippen molar-refractivity contribution in [1.29, 1.82) is 0 Å². The summed E-state index contributed by atoms with van der Waals surface area (Å²) in [7, 11) is 0. The molecule has 32 heavy (non-hydrogen) atoms. The van der Waals surface area contributed by atoms with Crippen molar-refractivity contribution in [2.24, 2.45) is 5.92 Å². The first-order chi connectivity index (χ1) is 15.4. The summed E-state index contributed by atoms with van der Waals surface area (Å²) in [6.07, 6.45) is 2.64. The molecule has 0 amide bonds. The van der Waals surface area contributed by atoms with Crippen molar-refractivity contribution in [2.75, 3.05) is 6.61 Å². The Morgan fingerprint density at radius 1 is 1.25 bits per heavy atom. The number of rotatable bonds is 10. The second-order valence-corrected chi connectivity index (χ2v) is 8.55. The second-order valence-electron chi connectivity index (χ2n) is 8.55. The van der Waals surface area contributed by atoms with E-state index in [9.17, 15) is 15.0 Å². The van der Waals surface area contributed by atoms with Crippen LogP contribution in [-0.4, -0.2) is 40.0 Å². The number of aliphatic hydroxyl groups excluding tert-OH is 2. The van der Waals surface area contributed by atoms with Crippen LogP contribution in [0.1, 0.15) is 61.3 Å². The highest BCUT2D eigenvalue weighted by Gasteiger charge is 2.47. The van der Waals surface area contributed by atoms with Crippen molar-refractivity contribution in [3.05, 3.63) is 76.6 Å². The van der Waals surface area contributed by atoms with Crippen LogP contribution >= 0.6 is 0 Å². The monoisotopic (exact) mass is 437 g/mol. The molecule has 2 aromatic rings. The number of carbonyl (C=O) groups is 1. The molecule has 3 N–H and O–H groups in total. The molecule has 5 atom stereocenters. The van der Waals surface area contributed by atoms with Gasteiger partial charge in [-0.15, -0.1) is 0 Å². The molecule has 3 unspecified atom stereocenters. The lowest BCUT2D eigenvalue weighted by molar-refractivity contribution is -0.139. The Balaban J connectivity index is 1.79. The van der Waals surface area contributed by atoms with Gasteiger partial charge in [0.25, 0.3) is 0 Å². The van der Waals surface area contributed by atoms with Gasteiger partial charge in [-0.25, -0.2) is 11.4 Å². The summed E-state index contributed by atoms with van der Waals surface area (Å²) < 4.78 is 5.29. The molecule has 1 aliphatic rings. The van der Waals surface area contributed by atoms with E-state index >= 15 is 0 Å². The molecule has 1 fully saturated rings. The lowest BCUT2D eigenvalue weighted by Crippen LogP contribution is -2.21. The van der Waals surface area contributed by atoms with E-state index in [1.54, 1.807) is 12.1 Å². The summed E-state index contributed by atoms with van der Waals surface area (Å²) >= 11 is 0. The van der Waals surface area contributed by atoms with Crippen LogP contribution in [0.15, 0.2) is 48.5 Å². The maximum absolute atomic E-state index is 10.8. The molecule has 1 aliphatic carbocycles. The second kappa shape index (κ2) is 11.1. The van der Waals surface area contributed by atoms with E-state index in [2.05, 4.69) is 11.8 Å². The van der Waals surface area contributed by atoms with Gasteiger partial charge in [0, 0.05) is 18.3 Å². The van der Waals surface area contributed by atoms with Gasteiger partial charge in [0.05, 0.1) is 12.2 Å². The number of benzene rings is 2. The summed E-state index contributed by atoms with van der Waals surface area (Å²) in [5.41, 5.74) is 2.78. The van der Waals surface area contributed by atoms with Crippen LogP contribution in [-0.2, 0) is 11.2 Å². The average molecular weight is 438 g/mol. The van der Waals surface area contributed by atoms with Crippen molar-refractivity contribution in [3.8, 4) is 5.75 Å². The molecule has 1 saturated carbocycles. The Labute approximate surface area is 189 Å². The molecule has 6 nitrogen and oxygen atoms in total. The van der Waals surface area contributed by atoms with Gasteiger partial charge in [-0.1, -0.05) is 56.2 Å². The van der Waals surface area contributed by atoms with Crippen molar-refractivity contribution < 1.29 is 24.9 Å². The molecule has 0 heterocycles. The summed E-state index contributed by atoms with van der Waals surface area (Å²) in [6, 6.07) is 14.7. The van der Waals surface area contributed by atoms with E-state index in [0.717, 1.165) is 36.0 Å². The van der Waals surface area contributed by atoms with Crippen molar-refractivity contribution in [1.82, 2.24) is 0 Å². The Hall–Kier alpha value is -2.88. The van der Waals surface area contributed by atoms with Crippen LogP contribution in [0, 0.1) is 12.5 Å². The van der Waals surface area contributed by atoms with E-state index < -0.39 is 24.8 Å². The first kappa shape index (κ1) is 23.8. The highest BCUT2D eigenvalue weighted by molar-refractivity contribution is 5.68. The first-order valence-corrected chi connectivity index (χ1v) is 11.2. The summed E-state index contributed by atoms with van der Waals surface area (Å²) in [4.78, 5) is 14.6. The largest absolute Gasteiger partial charge is 0.482 e. The maximum Gasteiger partial charge on any atom is 0.341 e. The zero-order valence-corrected chi connectivity index (χ0v) is 18.4. The Bertz CT molecular complexity index is 936. The Kier molecular flexibility index (Phi) is 8.26. The number of hydrogen-bond donors (Lipinski definition) is 3. The summed E-state index contributed by atoms with van der Waals surface area (Å²) in [5.74, 6) is -0.817. The normalized spacial score (nSPS) is 23.4. The zero-order valence-electron chi connectivity index (χ0n) is 18.4. The molecule has 170 valence electrons. The van der Waals surface area contributed by atoms with Gasteiger partial charge in [-0.3, -0.25) is 0 Å². The number of nitrogens with zero attached hydrogens (tertiary/aromatic N) is 1. The van der Waals surface area contributed by atoms with E-state index in [-0.39, 0.29) is 17.9 Å². The first-order valence-electron chi connectivity index (χ1n) is 11.2. The van der Waals surface area contributed by atoms with E-state index in [4.69, 9.17) is 16.4 Å². The molecule has 2 aromatic carbocycles. The predicted molar refractivity (Wildman–Crippen MR) is 121 cm³/mol. The van der Waals surface area contributed by atoms with Gasteiger partial charge in [-0.05, 0) is 41.7 Å². The van der Waals surface area contributed by atoms with E-state index in [1.807, 2.05) is 36.4 Å². The molecule has 0 aromatic heterocycles. The SMILES string of the molecule is [C-]#[N+][C@@H]1C[C@@H](O)C(c2ccc(C(O)CCCC)cc2)C1Cc1cccc(OCC(=O)O)c1. The third-order valence-electron chi connectivity index (χ3n) is 6.29. The fourth-order valence-corrected chi connectivity index (χ4v) is 4.66. The molecular formula is C26H31NO5. The molecule has 0 spiro atoms. The van der Waals surface area contributed by atoms with Crippen molar-refractivity contribution in [3.63, 3.8) is 0 Å². The molecule has 3 rings (SSSR count). The molecule has 0 saturated heterocycles. The highest BCUT2D eigenvalue weighted by atomic mass is 16.5. The molecular weight excluding hydrogens is 406 g/mol. The number of ether oxygens (including phenoxy) is 1. The van der Waals surface area contributed by atoms with Crippen LogP contribution in [0.4, 0.5) is 0 Å².